The summed E-state index contributed by atoms with van der Waals surface area (Å²) in [6.07, 6.45) is 4.15. The van der Waals surface area contributed by atoms with E-state index in [1.807, 2.05) is 13.0 Å². The molecule has 2 aromatic rings. The molecule has 4 rings (SSSR count). The summed E-state index contributed by atoms with van der Waals surface area (Å²) < 4.78 is 18.5. The Hall–Kier alpha value is -2.37. The van der Waals surface area contributed by atoms with Gasteiger partial charge in [0.2, 0.25) is 5.76 Å². The summed E-state index contributed by atoms with van der Waals surface area (Å²) in [5.74, 6) is 0.330. The molecule has 1 amide bonds. The molecule has 2 aliphatic rings. The fraction of sp³-hybridized carbons (Fsp3) is 0.474. The van der Waals surface area contributed by atoms with E-state index in [1.165, 1.54) is 6.07 Å². The highest BCUT2D eigenvalue weighted by atomic mass is 19.1. The second-order valence-corrected chi connectivity index (χ2v) is 7.08. The topological polar surface area (TPSA) is 58.4 Å². The number of nitrogens with zero attached hydrogens (tertiary/aromatic N) is 2. The minimum atomic E-state index is -0.222. The summed E-state index contributed by atoms with van der Waals surface area (Å²) in [7, 11) is 0. The molecule has 1 atom stereocenters. The predicted molar refractivity (Wildman–Crippen MR) is 92.3 cm³/mol. The molecule has 2 fully saturated rings. The normalized spacial score (nSPS) is 20.6. The number of nitrogens with one attached hydrogen (secondary N) is 1. The van der Waals surface area contributed by atoms with Crippen LogP contribution >= 0.6 is 0 Å². The van der Waals surface area contributed by atoms with E-state index in [-0.39, 0.29) is 23.5 Å². The van der Waals surface area contributed by atoms with Crippen molar-refractivity contribution in [3.8, 4) is 0 Å². The van der Waals surface area contributed by atoms with Crippen molar-refractivity contribution in [2.24, 2.45) is 0 Å². The first-order valence-corrected chi connectivity index (χ1v) is 8.89. The Morgan fingerprint density at radius 1 is 1.32 bits per heavy atom. The van der Waals surface area contributed by atoms with Gasteiger partial charge in [0.1, 0.15) is 5.82 Å². The SMILES string of the molecule is Cc1cc(F)ccc1N1CCCC(NC(=O)c2cc(C3CC3)no2)C1. The van der Waals surface area contributed by atoms with E-state index in [1.54, 1.807) is 12.1 Å². The molecule has 25 heavy (non-hydrogen) atoms. The van der Waals surface area contributed by atoms with E-state index in [9.17, 15) is 9.18 Å². The van der Waals surface area contributed by atoms with Crippen LogP contribution in [0.5, 0.6) is 0 Å². The molecule has 1 aliphatic carbocycles. The number of anilines is 1. The molecule has 1 aromatic carbocycles. The quantitative estimate of drug-likeness (QED) is 0.924. The summed E-state index contributed by atoms with van der Waals surface area (Å²) in [6, 6.07) is 6.65. The first kappa shape index (κ1) is 16.1. The van der Waals surface area contributed by atoms with Crippen molar-refractivity contribution in [1.29, 1.82) is 0 Å². The second-order valence-electron chi connectivity index (χ2n) is 7.08. The van der Waals surface area contributed by atoms with Gasteiger partial charge in [-0.2, -0.15) is 0 Å². The zero-order valence-electron chi connectivity index (χ0n) is 14.3. The maximum Gasteiger partial charge on any atom is 0.290 e. The Morgan fingerprint density at radius 3 is 2.92 bits per heavy atom. The summed E-state index contributed by atoms with van der Waals surface area (Å²) >= 11 is 0. The van der Waals surface area contributed by atoms with Crippen LogP contribution in [0, 0.1) is 12.7 Å². The Kier molecular flexibility index (Phi) is 4.19. The Bertz CT molecular complexity index is 785. The van der Waals surface area contributed by atoms with Gasteiger partial charge in [-0.1, -0.05) is 5.16 Å². The number of rotatable bonds is 4. The zero-order valence-corrected chi connectivity index (χ0v) is 14.3. The first-order valence-electron chi connectivity index (χ1n) is 8.89. The number of hydrogen-bond donors (Lipinski definition) is 1. The average molecular weight is 343 g/mol. The summed E-state index contributed by atoms with van der Waals surface area (Å²) in [5, 5.41) is 7.04. The molecular weight excluding hydrogens is 321 g/mol. The zero-order chi connectivity index (χ0) is 17.4. The number of aryl methyl sites for hydroxylation is 1. The van der Waals surface area contributed by atoms with Crippen molar-refractivity contribution in [2.45, 2.75) is 44.6 Å². The highest BCUT2D eigenvalue weighted by molar-refractivity contribution is 5.91. The molecule has 132 valence electrons. The molecule has 6 heteroatoms. The third-order valence-electron chi connectivity index (χ3n) is 5.00. The van der Waals surface area contributed by atoms with Gasteiger partial charge in [-0.15, -0.1) is 0 Å². The number of benzene rings is 1. The molecule has 1 aliphatic heterocycles. The van der Waals surface area contributed by atoms with Crippen molar-refractivity contribution in [3.63, 3.8) is 0 Å². The van der Waals surface area contributed by atoms with Crippen LogP contribution in [-0.4, -0.2) is 30.2 Å². The molecule has 1 unspecified atom stereocenters. The number of halogens is 1. The number of carbonyl (C=O) groups excluding carboxylic acids is 1. The lowest BCUT2D eigenvalue weighted by Gasteiger charge is -2.35. The first-order chi connectivity index (χ1) is 12.1. The lowest BCUT2D eigenvalue weighted by Crippen LogP contribution is -2.48. The van der Waals surface area contributed by atoms with Gasteiger partial charge in [0, 0.05) is 36.8 Å². The van der Waals surface area contributed by atoms with Gasteiger partial charge in [-0.25, -0.2) is 4.39 Å². The van der Waals surface area contributed by atoms with Gasteiger partial charge < -0.3 is 14.7 Å². The van der Waals surface area contributed by atoms with Crippen molar-refractivity contribution in [1.82, 2.24) is 10.5 Å². The lowest BCUT2D eigenvalue weighted by molar-refractivity contribution is 0.0895. The summed E-state index contributed by atoms with van der Waals surface area (Å²) in [4.78, 5) is 14.6. The van der Waals surface area contributed by atoms with Crippen molar-refractivity contribution in [3.05, 3.63) is 47.1 Å². The van der Waals surface area contributed by atoms with Gasteiger partial charge in [0.25, 0.3) is 5.91 Å². The Labute approximate surface area is 146 Å². The largest absolute Gasteiger partial charge is 0.369 e. The van der Waals surface area contributed by atoms with E-state index in [0.29, 0.717) is 12.5 Å². The third-order valence-corrected chi connectivity index (χ3v) is 5.00. The third kappa shape index (κ3) is 3.52. The van der Waals surface area contributed by atoms with E-state index < -0.39 is 0 Å². The van der Waals surface area contributed by atoms with Crippen molar-refractivity contribution in [2.75, 3.05) is 18.0 Å². The average Bonchev–Trinajstić information content (AvgIpc) is 3.32. The number of hydrogen-bond acceptors (Lipinski definition) is 4. The van der Waals surface area contributed by atoms with Crippen molar-refractivity contribution >= 4 is 11.6 Å². The predicted octanol–water partition coefficient (Wildman–Crippen LogP) is 3.40. The fourth-order valence-corrected chi connectivity index (χ4v) is 3.51. The summed E-state index contributed by atoms with van der Waals surface area (Å²) in [5.41, 5.74) is 2.82. The van der Waals surface area contributed by atoms with Crippen LogP contribution in [0.25, 0.3) is 0 Å². The van der Waals surface area contributed by atoms with Gasteiger partial charge in [-0.3, -0.25) is 4.79 Å². The number of amides is 1. The molecule has 1 saturated carbocycles. The molecule has 1 N–H and O–H groups in total. The van der Waals surface area contributed by atoms with Gasteiger partial charge >= 0.3 is 0 Å². The monoisotopic (exact) mass is 343 g/mol. The fourth-order valence-electron chi connectivity index (χ4n) is 3.51. The van der Waals surface area contributed by atoms with Crippen LogP contribution in [0.2, 0.25) is 0 Å². The van der Waals surface area contributed by atoms with Crippen molar-refractivity contribution < 1.29 is 13.7 Å². The van der Waals surface area contributed by atoms with E-state index in [2.05, 4.69) is 15.4 Å². The van der Waals surface area contributed by atoms with Crippen LogP contribution < -0.4 is 10.2 Å². The second kappa shape index (κ2) is 6.50. The van der Waals surface area contributed by atoms with Crippen LogP contribution in [0.3, 0.4) is 0 Å². The van der Waals surface area contributed by atoms with E-state index in [4.69, 9.17) is 4.52 Å². The number of carbonyl (C=O) groups is 1. The van der Waals surface area contributed by atoms with Crippen LogP contribution in [-0.2, 0) is 0 Å². The molecule has 1 aromatic heterocycles. The van der Waals surface area contributed by atoms with E-state index >= 15 is 0 Å². The Morgan fingerprint density at radius 2 is 2.16 bits per heavy atom. The molecule has 5 nitrogen and oxygen atoms in total. The standard InChI is InChI=1S/C19H22FN3O2/c1-12-9-14(20)6-7-17(12)23-8-2-3-15(11-23)21-19(24)18-10-16(22-25-18)13-4-5-13/h6-7,9-10,13,15H,2-5,8,11H2,1H3,(H,21,24). The van der Waals surface area contributed by atoms with Gasteiger partial charge in [0.15, 0.2) is 0 Å². The van der Waals surface area contributed by atoms with Gasteiger partial charge in [-0.05, 0) is 56.4 Å². The molecule has 0 bridgehead atoms. The Balaban J connectivity index is 1.41. The minimum absolute atomic E-state index is 0.0418. The summed E-state index contributed by atoms with van der Waals surface area (Å²) in [6.45, 7) is 3.53. The molecular formula is C19H22FN3O2. The maximum absolute atomic E-state index is 13.3. The molecule has 1 saturated heterocycles. The minimum Gasteiger partial charge on any atom is -0.369 e. The number of aromatic nitrogens is 1. The molecule has 0 spiro atoms. The van der Waals surface area contributed by atoms with Gasteiger partial charge in [0.05, 0.1) is 5.69 Å². The van der Waals surface area contributed by atoms with Crippen LogP contribution in [0.15, 0.2) is 28.8 Å². The molecule has 2 heterocycles. The van der Waals surface area contributed by atoms with Crippen LogP contribution in [0.4, 0.5) is 10.1 Å². The molecule has 0 radical (unpaired) electrons. The number of piperidine rings is 1. The highest BCUT2D eigenvalue weighted by Crippen LogP contribution is 2.39. The highest BCUT2D eigenvalue weighted by Gasteiger charge is 2.29. The maximum atomic E-state index is 13.3. The van der Waals surface area contributed by atoms with E-state index in [0.717, 1.165) is 49.2 Å². The lowest BCUT2D eigenvalue weighted by atomic mass is 10.0. The van der Waals surface area contributed by atoms with Crippen LogP contribution in [0.1, 0.15) is 53.4 Å². The smallest absolute Gasteiger partial charge is 0.290 e.